The molecule has 6 heteroatoms. The average molecular weight is 400 g/mol. The Morgan fingerprint density at radius 3 is 2.57 bits per heavy atom. The molecule has 0 spiro atoms. The third kappa shape index (κ3) is 4.61. The van der Waals surface area contributed by atoms with Crippen LogP contribution in [-0.2, 0) is 6.61 Å². The summed E-state index contributed by atoms with van der Waals surface area (Å²) in [5, 5.41) is 2.94. The van der Waals surface area contributed by atoms with Gasteiger partial charge in [-0.3, -0.25) is 4.79 Å². The number of carbonyl (C=O) groups is 1. The highest BCUT2D eigenvalue weighted by Gasteiger charge is 2.17. The molecule has 3 aromatic carbocycles. The highest BCUT2D eigenvalue weighted by molar-refractivity contribution is 6.32. The first kappa shape index (κ1) is 19.7. The number of hydrogen-bond donors (Lipinski definition) is 1. The van der Waals surface area contributed by atoms with Crippen LogP contribution in [-0.4, -0.2) is 13.0 Å². The number of aryl methyl sites for hydroxylation is 1. The third-order valence-electron chi connectivity index (χ3n) is 4.17. The molecule has 0 saturated heterocycles. The Hall–Kier alpha value is -3.05. The molecule has 0 saturated carbocycles. The van der Waals surface area contributed by atoms with E-state index in [0.717, 1.165) is 11.1 Å². The van der Waals surface area contributed by atoms with Crippen molar-refractivity contribution in [2.24, 2.45) is 0 Å². The lowest BCUT2D eigenvalue weighted by atomic mass is 10.1. The highest BCUT2D eigenvalue weighted by atomic mass is 35.5. The summed E-state index contributed by atoms with van der Waals surface area (Å²) < 4.78 is 24.6. The zero-order valence-corrected chi connectivity index (χ0v) is 16.2. The van der Waals surface area contributed by atoms with Crippen molar-refractivity contribution in [2.75, 3.05) is 12.4 Å². The number of benzene rings is 3. The van der Waals surface area contributed by atoms with Gasteiger partial charge in [0.05, 0.1) is 12.1 Å². The van der Waals surface area contributed by atoms with E-state index in [1.807, 2.05) is 30.3 Å². The molecule has 0 heterocycles. The van der Waals surface area contributed by atoms with E-state index in [-0.39, 0.29) is 10.6 Å². The second kappa shape index (κ2) is 8.76. The van der Waals surface area contributed by atoms with Crippen LogP contribution in [0.15, 0.2) is 60.7 Å². The first-order valence-electron chi connectivity index (χ1n) is 8.59. The van der Waals surface area contributed by atoms with Crippen LogP contribution >= 0.6 is 11.6 Å². The van der Waals surface area contributed by atoms with Crippen LogP contribution in [0, 0.1) is 12.7 Å². The van der Waals surface area contributed by atoms with Crippen LogP contribution in [0.3, 0.4) is 0 Å². The lowest BCUT2D eigenvalue weighted by molar-refractivity contribution is 0.102. The number of anilines is 1. The van der Waals surface area contributed by atoms with Gasteiger partial charge in [-0.2, -0.15) is 0 Å². The molecule has 0 unspecified atom stereocenters. The van der Waals surface area contributed by atoms with Crippen LogP contribution < -0.4 is 14.8 Å². The Balaban J connectivity index is 1.82. The lowest BCUT2D eigenvalue weighted by Gasteiger charge is -2.15. The minimum Gasteiger partial charge on any atom is -0.493 e. The van der Waals surface area contributed by atoms with E-state index in [1.54, 1.807) is 13.0 Å². The Kier molecular flexibility index (Phi) is 6.16. The average Bonchev–Trinajstić information content (AvgIpc) is 2.70. The van der Waals surface area contributed by atoms with Crippen molar-refractivity contribution in [3.63, 3.8) is 0 Å². The molecule has 0 aliphatic carbocycles. The van der Waals surface area contributed by atoms with Crippen molar-refractivity contribution in [3.8, 4) is 11.5 Å². The van der Waals surface area contributed by atoms with Crippen LogP contribution in [0.2, 0.25) is 5.02 Å². The normalized spacial score (nSPS) is 10.4. The van der Waals surface area contributed by atoms with E-state index in [1.165, 1.54) is 31.4 Å². The maximum absolute atomic E-state index is 13.5. The monoisotopic (exact) mass is 399 g/mol. The van der Waals surface area contributed by atoms with Gasteiger partial charge in [-0.05, 0) is 42.3 Å². The third-order valence-corrected chi connectivity index (χ3v) is 4.45. The summed E-state index contributed by atoms with van der Waals surface area (Å²) in [7, 11) is 1.47. The minimum absolute atomic E-state index is 0.247. The number of rotatable bonds is 6. The van der Waals surface area contributed by atoms with Crippen molar-refractivity contribution in [2.45, 2.75) is 13.5 Å². The first-order valence-corrected chi connectivity index (χ1v) is 8.97. The smallest absolute Gasteiger partial charge is 0.255 e. The van der Waals surface area contributed by atoms with Gasteiger partial charge in [-0.25, -0.2) is 4.39 Å². The van der Waals surface area contributed by atoms with Gasteiger partial charge in [-0.15, -0.1) is 0 Å². The Labute approximate surface area is 167 Å². The number of methoxy groups -OCH3 is 1. The minimum atomic E-state index is -0.429. The molecule has 4 nitrogen and oxygen atoms in total. The molecule has 3 aromatic rings. The van der Waals surface area contributed by atoms with Crippen LogP contribution in [0.1, 0.15) is 21.5 Å². The predicted octanol–water partition coefficient (Wildman–Crippen LogP) is 5.63. The SMILES string of the molecule is COc1cc(C(=O)Nc2cc(F)ccc2C)cc(Cl)c1OCc1ccccc1. The molecule has 1 amide bonds. The quantitative estimate of drug-likeness (QED) is 0.584. The summed E-state index contributed by atoms with van der Waals surface area (Å²) in [5.74, 6) is -0.166. The number of amides is 1. The molecule has 3 rings (SSSR count). The molecule has 144 valence electrons. The largest absolute Gasteiger partial charge is 0.493 e. The number of carbonyl (C=O) groups excluding carboxylic acids is 1. The molecule has 0 aromatic heterocycles. The fourth-order valence-electron chi connectivity index (χ4n) is 2.64. The second-order valence-electron chi connectivity index (χ2n) is 6.18. The van der Waals surface area contributed by atoms with Gasteiger partial charge in [0, 0.05) is 11.3 Å². The van der Waals surface area contributed by atoms with E-state index >= 15 is 0 Å². The second-order valence-corrected chi connectivity index (χ2v) is 6.58. The molecule has 0 radical (unpaired) electrons. The summed E-state index contributed by atoms with van der Waals surface area (Å²) in [6, 6.07) is 16.9. The molecule has 0 aliphatic heterocycles. The predicted molar refractivity (Wildman–Crippen MR) is 108 cm³/mol. The zero-order chi connectivity index (χ0) is 20.1. The molecular weight excluding hydrogens is 381 g/mol. The maximum Gasteiger partial charge on any atom is 0.255 e. The van der Waals surface area contributed by atoms with Crippen molar-refractivity contribution < 1.29 is 18.7 Å². The Morgan fingerprint density at radius 2 is 1.86 bits per heavy atom. The topological polar surface area (TPSA) is 47.6 Å². The summed E-state index contributed by atoms with van der Waals surface area (Å²) in [6.45, 7) is 2.09. The van der Waals surface area contributed by atoms with Crippen molar-refractivity contribution in [3.05, 3.63) is 88.2 Å². The van der Waals surface area contributed by atoms with E-state index in [2.05, 4.69) is 5.32 Å². The Morgan fingerprint density at radius 1 is 1.11 bits per heavy atom. The highest BCUT2D eigenvalue weighted by Crippen LogP contribution is 2.37. The lowest BCUT2D eigenvalue weighted by Crippen LogP contribution is -2.13. The molecule has 0 fully saturated rings. The standard InChI is InChI=1S/C22H19ClFNO3/c1-14-8-9-17(24)12-19(14)25-22(26)16-10-18(23)21(20(11-16)27-2)28-13-15-6-4-3-5-7-15/h3-12H,13H2,1-2H3,(H,25,26). The van der Waals surface area contributed by atoms with Crippen molar-refractivity contribution in [1.29, 1.82) is 0 Å². The van der Waals surface area contributed by atoms with E-state index < -0.39 is 11.7 Å². The van der Waals surface area contributed by atoms with Gasteiger partial charge in [0.25, 0.3) is 5.91 Å². The van der Waals surface area contributed by atoms with Crippen LogP contribution in [0.5, 0.6) is 11.5 Å². The fourth-order valence-corrected chi connectivity index (χ4v) is 2.91. The van der Waals surface area contributed by atoms with Crippen LogP contribution in [0.25, 0.3) is 0 Å². The number of nitrogens with one attached hydrogen (secondary N) is 1. The number of halogens is 2. The Bertz CT molecular complexity index is 993. The van der Waals surface area contributed by atoms with E-state index in [0.29, 0.717) is 23.8 Å². The molecular formula is C22H19ClFNO3. The maximum atomic E-state index is 13.5. The molecule has 28 heavy (non-hydrogen) atoms. The summed E-state index contributed by atoms with van der Waals surface area (Å²) in [4.78, 5) is 12.6. The summed E-state index contributed by atoms with van der Waals surface area (Å²) in [5.41, 5.74) is 2.39. The van der Waals surface area contributed by atoms with Gasteiger partial charge < -0.3 is 14.8 Å². The van der Waals surface area contributed by atoms with E-state index in [9.17, 15) is 9.18 Å². The van der Waals surface area contributed by atoms with Crippen molar-refractivity contribution in [1.82, 2.24) is 0 Å². The summed E-state index contributed by atoms with van der Waals surface area (Å²) in [6.07, 6.45) is 0. The van der Waals surface area contributed by atoms with Crippen molar-refractivity contribution >= 4 is 23.2 Å². The first-order chi connectivity index (χ1) is 13.5. The van der Waals surface area contributed by atoms with E-state index in [4.69, 9.17) is 21.1 Å². The molecule has 0 bridgehead atoms. The van der Waals surface area contributed by atoms with Gasteiger partial charge in [0.1, 0.15) is 12.4 Å². The van der Waals surface area contributed by atoms with Gasteiger partial charge in [0.15, 0.2) is 11.5 Å². The van der Waals surface area contributed by atoms with Gasteiger partial charge in [0.2, 0.25) is 0 Å². The number of ether oxygens (including phenoxy) is 2. The number of hydrogen-bond acceptors (Lipinski definition) is 3. The summed E-state index contributed by atoms with van der Waals surface area (Å²) >= 11 is 6.34. The fraction of sp³-hybridized carbons (Fsp3) is 0.136. The molecule has 0 atom stereocenters. The van der Waals surface area contributed by atoms with Gasteiger partial charge in [-0.1, -0.05) is 48.0 Å². The van der Waals surface area contributed by atoms with Crippen LogP contribution in [0.4, 0.5) is 10.1 Å². The molecule has 0 aliphatic rings. The van der Waals surface area contributed by atoms with Gasteiger partial charge >= 0.3 is 0 Å². The molecule has 1 N–H and O–H groups in total. The zero-order valence-electron chi connectivity index (χ0n) is 15.5.